The predicted octanol–water partition coefficient (Wildman–Crippen LogP) is 4.48. The van der Waals surface area contributed by atoms with Crippen LogP contribution in [0.15, 0.2) is 24.3 Å². The van der Waals surface area contributed by atoms with Gasteiger partial charge in [0.15, 0.2) is 5.78 Å². The summed E-state index contributed by atoms with van der Waals surface area (Å²) in [6.07, 6.45) is 2.48. The Hall–Kier alpha value is -1.31. The molecule has 0 heterocycles. The molecule has 0 fully saturated rings. The van der Waals surface area contributed by atoms with Gasteiger partial charge in [0, 0.05) is 12.0 Å². The lowest BCUT2D eigenvalue weighted by atomic mass is 9.88. The molecule has 0 atom stereocenters. The minimum atomic E-state index is 0.200. The molecule has 0 radical (unpaired) electrons. The topological polar surface area (TPSA) is 26.3 Å². The summed E-state index contributed by atoms with van der Waals surface area (Å²) >= 11 is 0. The Morgan fingerprint density at radius 1 is 1.28 bits per heavy atom. The molecule has 0 aliphatic rings. The first kappa shape index (κ1) is 14.7. The third kappa shape index (κ3) is 5.35. The van der Waals surface area contributed by atoms with Crippen molar-refractivity contribution in [2.45, 2.75) is 47.0 Å². The Morgan fingerprint density at radius 2 is 2.00 bits per heavy atom. The van der Waals surface area contributed by atoms with E-state index in [2.05, 4.69) is 27.7 Å². The zero-order valence-corrected chi connectivity index (χ0v) is 12.0. The molecule has 0 saturated carbocycles. The van der Waals surface area contributed by atoms with Gasteiger partial charge in [-0.15, -0.1) is 0 Å². The minimum absolute atomic E-state index is 0.200. The fraction of sp³-hybridized carbons (Fsp3) is 0.562. The van der Waals surface area contributed by atoms with Gasteiger partial charge in [-0.1, -0.05) is 39.8 Å². The molecule has 1 aromatic carbocycles. The second-order valence-corrected chi connectivity index (χ2v) is 5.86. The Balaban J connectivity index is 2.62. The fourth-order valence-corrected chi connectivity index (χ4v) is 1.61. The highest BCUT2D eigenvalue weighted by Crippen LogP contribution is 2.23. The second-order valence-electron chi connectivity index (χ2n) is 5.86. The van der Waals surface area contributed by atoms with Crippen LogP contribution in [0.5, 0.6) is 5.75 Å². The first-order valence-corrected chi connectivity index (χ1v) is 6.68. The molecule has 0 spiro atoms. The van der Waals surface area contributed by atoms with Crippen molar-refractivity contribution in [1.82, 2.24) is 0 Å². The molecule has 0 saturated heterocycles. The van der Waals surface area contributed by atoms with Crippen molar-refractivity contribution in [1.29, 1.82) is 0 Å². The van der Waals surface area contributed by atoms with E-state index < -0.39 is 0 Å². The predicted molar refractivity (Wildman–Crippen MR) is 75.2 cm³/mol. The molecule has 0 aliphatic heterocycles. The molecule has 0 bridgehead atoms. The maximum atomic E-state index is 12.1. The minimum Gasteiger partial charge on any atom is -0.494 e. The van der Waals surface area contributed by atoms with E-state index in [1.807, 2.05) is 24.3 Å². The molecule has 0 N–H and O–H groups in total. The van der Waals surface area contributed by atoms with Gasteiger partial charge in [-0.05, 0) is 30.4 Å². The molecule has 2 heteroatoms. The molecule has 100 valence electrons. The first-order chi connectivity index (χ1) is 8.42. The zero-order chi connectivity index (χ0) is 13.6. The van der Waals surface area contributed by atoms with Crippen LogP contribution in [0.1, 0.15) is 57.3 Å². The van der Waals surface area contributed by atoms with E-state index in [0.717, 1.165) is 24.2 Å². The lowest BCUT2D eigenvalue weighted by Gasteiger charge is -2.17. The zero-order valence-electron chi connectivity index (χ0n) is 12.0. The van der Waals surface area contributed by atoms with Crippen molar-refractivity contribution in [2.75, 3.05) is 6.61 Å². The fourth-order valence-electron chi connectivity index (χ4n) is 1.61. The number of hydrogen-bond donors (Lipinski definition) is 0. The normalized spacial score (nSPS) is 11.3. The quantitative estimate of drug-likeness (QED) is 0.694. The molecule has 1 rings (SSSR count). The Bertz CT molecular complexity index is 388. The summed E-state index contributed by atoms with van der Waals surface area (Å²) in [6, 6.07) is 7.50. The van der Waals surface area contributed by atoms with Crippen LogP contribution in [-0.2, 0) is 0 Å². The molecule has 2 nitrogen and oxygen atoms in total. The molecule has 0 aliphatic carbocycles. The lowest BCUT2D eigenvalue weighted by Crippen LogP contribution is -2.09. The Morgan fingerprint density at radius 3 is 2.61 bits per heavy atom. The highest BCUT2D eigenvalue weighted by molar-refractivity contribution is 5.96. The third-order valence-electron chi connectivity index (χ3n) is 2.73. The van der Waals surface area contributed by atoms with Gasteiger partial charge in [0.05, 0.1) is 6.61 Å². The summed E-state index contributed by atoms with van der Waals surface area (Å²) in [6.45, 7) is 9.22. The van der Waals surface area contributed by atoms with Crippen molar-refractivity contribution in [3.8, 4) is 5.75 Å². The largest absolute Gasteiger partial charge is 0.494 e. The highest BCUT2D eigenvalue weighted by atomic mass is 16.5. The maximum Gasteiger partial charge on any atom is 0.163 e. The van der Waals surface area contributed by atoms with Gasteiger partial charge in [0.2, 0.25) is 0 Å². The SMILES string of the molecule is CCCOc1cccc(C(=O)CCC(C)(C)C)c1. The number of ether oxygens (including phenoxy) is 1. The van der Waals surface area contributed by atoms with E-state index in [4.69, 9.17) is 4.74 Å². The van der Waals surface area contributed by atoms with Crippen molar-refractivity contribution < 1.29 is 9.53 Å². The van der Waals surface area contributed by atoms with Crippen molar-refractivity contribution in [2.24, 2.45) is 5.41 Å². The van der Waals surface area contributed by atoms with Crippen LogP contribution in [-0.4, -0.2) is 12.4 Å². The number of carbonyl (C=O) groups excluding carboxylic acids is 1. The molecular formula is C16H24O2. The van der Waals surface area contributed by atoms with E-state index >= 15 is 0 Å². The molecule has 0 unspecified atom stereocenters. The smallest absolute Gasteiger partial charge is 0.163 e. The Labute approximate surface area is 110 Å². The monoisotopic (exact) mass is 248 g/mol. The van der Waals surface area contributed by atoms with Crippen molar-refractivity contribution in [3.05, 3.63) is 29.8 Å². The maximum absolute atomic E-state index is 12.1. The number of benzene rings is 1. The van der Waals surface area contributed by atoms with E-state index in [0.29, 0.717) is 13.0 Å². The van der Waals surface area contributed by atoms with E-state index in [1.165, 1.54) is 0 Å². The van der Waals surface area contributed by atoms with E-state index in [9.17, 15) is 4.79 Å². The van der Waals surface area contributed by atoms with Crippen LogP contribution < -0.4 is 4.74 Å². The summed E-state index contributed by atoms with van der Waals surface area (Å²) in [5.41, 5.74) is 0.958. The standard InChI is InChI=1S/C16H24O2/c1-5-11-18-14-8-6-7-13(12-14)15(17)9-10-16(2,3)4/h6-8,12H,5,9-11H2,1-4H3. The van der Waals surface area contributed by atoms with Crippen LogP contribution in [0, 0.1) is 5.41 Å². The van der Waals surface area contributed by atoms with E-state index in [-0.39, 0.29) is 11.2 Å². The second kappa shape index (κ2) is 6.58. The van der Waals surface area contributed by atoms with Gasteiger partial charge < -0.3 is 4.74 Å². The van der Waals surface area contributed by atoms with Crippen LogP contribution in [0.2, 0.25) is 0 Å². The molecular weight excluding hydrogens is 224 g/mol. The van der Waals surface area contributed by atoms with Gasteiger partial charge in [-0.3, -0.25) is 4.79 Å². The number of carbonyl (C=O) groups is 1. The number of ketones is 1. The summed E-state index contributed by atoms with van der Waals surface area (Å²) in [5, 5.41) is 0. The van der Waals surface area contributed by atoms with Crippen LogP contribution in [0.25, 0.3) is 0 Å². The highest BCUT2D eigenvalue weighted by Gasteiger charge is 2.14. The summed E-state index contributed by atoms with van der Waals surface area (Å²) in [7, 11) is 0. The third-order valence-corrected chi connectivity index (χ3v) is 2.73. The number of rotatable bonds is 6. The van der Waals surface area contributed by atoms with Crippen molar-refractivity contribution in [3.63, 3.8) is 0 Å². The Kier molecular flexibility index (Phi) is 5.39. The van der Waals surface area contributed by atoms with Gasteiger partial charge in [0.25, 0.3) is 0 Å². The first-order valence-electron chi connectivity index (χ1n) is 6.68. The van der Waals surface area contributed by atoms with Crippen LogP contribution in [0.3, 0.4) is 0 Å². The van der Waals surface area contributed by atoms with Gasteiger partial charge in [0.1, 0.15) is 5.75 Å². The summed E-state index contributed by atoms with van der Waals surface area (Å²) in [4.78, 5) is 12.1. The van der Waals surface area contributed by atoms with Crippen LogP contribution >= 0.6 is 0 Å². The van der Waals surface area contributed by atoms with Gasteiger partial charge >= 0.3 is 0 Å². The summed E-state index contributed by atoms with van der Waals surface area (Å²) in [5.74, 6) is 0.991. The molecule has 18 heavy (non-hydrogen) atoms. The molecule has 0 aromatic heterocycles. The average Bonchev–Trinajstić information content (AvgIpc) is 2.33. The molecule has 1 aromatic rings. The van der Waals surface area contributed by atoms with E-state index in [1.54, 1.807) is 0 Å². The number of hydrogen-bond acceptors (Lipinski definition) is 2. The van der Waals surface area contributed by atoms with Crippen molar-refractivity contribution >= 4 is 5.78 Å². The van der Waals surface area contributed by atoms with Gasteiger partial charge in [-0.25, -0.2) is 0 Å². The van der Waals surface area contributed by atoms with Crippen LogP contribution in [0.4, 0.5) is 0 Å². The number of Topliss-reactive ketones (excluding diaryl/α,β-unsaturated/α-hetero) is 1. The molecule has 0 amide bonds. The average molecular weight is 248 g/mol. The summed E-state index contributed by atoms with van der Waals surface area (Å²) < 4.78 is 5.54. The van der Waals surface area contributed by atoms with Gasteiger partial charge in [-0.2, -0.15) is 0 Å². The lowest BCUT2D eigenvalue weighted by molar-refractivity contribution is 0.0965.